The molecule has 2 N–H and O–H groups in total. The van der Waals surface area contributed by atoms with E-state index in [0.29, 0.717) is 0 Å². The average Bonchev–Trinajstić information content (AvgIpc) is 2.83. The fraction of sp³-hybridized carbons (Fsp3) is 0.286. The molecule has 2 rings (SSSR count). The molecule has 0 spiro atoms. The van der Waals surface area contributed by atoms with Gasteiger partial charge >= 0.3 is 12.1 Å². The van der Waals surface area contributed by atoms with Crippen molar-refractivity contribution in [2.75, 3.05) is 0 Å². The number of halogens is 3. The van der Waals surface area contributed by atoms with Crippen molar-refractivity contribution in [2.45, 2.75) is 25.9 Å². The first-order valence-electron chi connectivity index (χ1n) is 6.13. The number of carboxylic acid groups (broad SMARTS) is 1. The summed E-state index contributed by atoms with van der Waals surface area (Å²) in [7, 11) is 0. The van der Waals surface area contributed by atoms with Crippen molar-refractivity contribution >= 4 is 5.97 Å². The zero-order chi connectivity index (χ0) is 15.9. The van der Waals surface area contributed by atoms with Crippen LogP contribution in [0.4, 0.5) is 13.2 Å². The lowest BCUT2D eigenvalue weighted by Crippen LogP contribution is -2.21. The topological polar surface area (TPSA) is 66.0 Å². The molecule has 0 amide bonds. The van der Waals surface area contributed by atoms with Crippen LogP contribution in [0.1, 0.15) is 17.1 Å². The largest absolute Gasteiger partial charge is 0.490 e. The van der Waals surface area contributed by atoms with Crippen LogP contribution in [0.15, 0.2) is 36.5 Å². The Morgan fingerprint density at radius 3 is 2.24 bits per heavy atom. The van der Waals surface area contributed by atoms with Crippen molar-refractivity contribution in [1.29, 1.82) is 0 Å². The molecule has 4 nitrogen and oxygen atoms in total. The van der Waals surface area contributed by atoms with Crippen molar-refractivity contribution in [3.8, 4) is 0 Å². The van der Waals surface area contributed by atoms with Gasteiger partial charge in [-0.05, 0) is 25.3 Å². The molecule has 0 radical (unpaired) electrons. The number of benzene rings is 1. The number of aliphatic carboxylic acids is 1. The molecule has 21 heavy (non-hydrogen) atoms. The van der Waals surface area contributed by atoms with Crippen LogP contribution >= 0.6 is 0 Å². The van der Waals surface area contributed by atoms with E-state index in [1.807, 2.05) is 19.2 Å². The number of nitrogens with zero attached hydrogens (tertiary/aromatic N) is 1. The number of rotatable bonds is 3. The van der Waals surface area contributed by atoms with E-state index in [4.69, 9.17) is 9.90 Å². The van der Waals surface area contributed by atoms with E-state index >= 15 is 0 Å². The number of carbonyl (C=O) groups is 1. The molecule has 1 heterocycles. The molecule has 0 aliphatic heterocycles. The van der Waals surface area contributed by atoms with Crippen LogP contribution in [0.5, 0.6) is 0 Å². The zero-order valence-electron chi connectivity index (χ0n) is 11.3. The fourth-order valence-corrected chi connectivity index (χ4v) is 1.52. The minimum Gasteiger partial charge on any atom is -0.475 e. The van der Waals surface area contributed by atoms with Crippen LogP contribution in [-0.4, -0.2) is 27.2 Å². The molecular weight excluding hydrogens is 285 g/mol. The molecule has 0 fully saturated rings. The molecule has 0 atom stereocenters. The SMILES string of the molecule is Cc1ncc(CCc2ccccc2)[nH]1.O=C(O)C(F)(F)F. The van der Waals surface area contributed by atoms with Crippen LogP contribution in [-0.2, 0) is 17.6 Å². The van der Waals surface area contributed by atoms with Gasteiger partial charge < -0.3 is 10.1 Å². The van der Waals surface area contributed by atoms with Gasteiger partial charge in [-0.3, -0.25) is 0 Å². The Morgan fingerprint density at radius 1 is 1.24 bits per heavy atom. The molecule has 0 aliphatic rings. The second-order valence-electron chi connectivity index (χ2n) is 4.28. The molecule has 1 aromatic heterocycles. The van der Waals surface area contributed by atoms with Gasteiger partial charge in [0, 0.05) is 11.9 Å². The van der Waals surface area contributed by atoms with Gasteiger partial charge in [0.05, 0.1) is 0 Å². The van der Waals surface area contributed by atoms with Gasteiger partial charge in [-0.1, -0.05) is 30.3 Å². The van der Waals surface area contributed by atoms with Gasteiger partial charge in [0.1, 0.15) is 5.82 Å². The molecule has 0 unspecified atom stereocenters. The molecule has 114 valence electrons. The Kier molecular flexibility index (Phi) is 5.95. The summed E-state index contributed by atoms with van der Waals surface area (Å²) in [5.74, 6) is -1.76. The Bertz CT molecular complexity index is 565. The maximum atomic E-state index is 10.6. The van der Waals surface area contributed by atoms with Crippen LogP contribution in [0.25, 0.3) is 0 Å². The summed E-state index contributed by atoms with van der Waals surface area (Å²) in [6.07, 6.45) is -1.06. The second kappa shape index (κ2) is 7.47. The number of alkyl halides is 3. The molecule has 1 aromatic carbocycles. The van der Waals surface area contributed by atoms with Gasteiger partial charge in [-0.25, -0.2) is 9.78 Å². The molecule has 0 saturated heterocycles. The maximum absolute atomic E-state index is 10.6. The third-order valence-electron chi connectivity index (χ3n) is 2.52. The summed E-state index contributed by atoms with van der Waals surface area (Å²) in [5.41, 5.74) is 2.59. The van der Waals surface area contributed by atoms with Gasteiger partial charge in [0.25, 0.3) is 0 Å². The summed E-state index contributed by atoms with van der Waals surface area (Å²) in [6.45, 7) is 1.98. The predicted octanol–water partition coefficient (Wildman–Crippen LogP) is 3.14. The highest BCUT2D eigenvalue weighted by molar-refractivity contribution is 5.73. The third kappa shape index (κ3) is 6.60. The van der Waals surface area contributed by atoms with Gasteiger partial charge in [-0.15, -0.1) is 0 Å². The summed E-state index contributed by atoms with van der Waals surface area (Å²) in [4.78, 5) is 16.3. The van der Waals surface area contributed by atoms with E-state index in [9.17, 15) is 13.2 Å². The summed E-state index contributed by atoms with van der Waals surface area (Å²) < 4.78 is 31.7. The Hall–Kier alpha value is -2.31. The Balaban J connectivity index is 0.000000270. The monoisotopic (exact) mass is 300 g/mol. The molecule has 7 heteroatoms. The summed E-state index contributed by atoms with van der Waals surface area (Å²) in [5, 5.41) is 7.12. The highest BCUT2D eigenvalue weighted by Gasteiger charge is 2.38. The standard InChI is InChI=1S/C12H14N2.C2HF3O2/c1-10-13-9-12(14-10)8-7-11-5-3-2-4-6-11;3-2(4,5)1(6)7/h2-6,9H,7-8H2,1H3,(H,13,14);(H,6,7). The molecule has 2 aromatic rings. The number of H-pyrrole nitrogens is 1. The smallest absolute Gasteiger partial charge is 0.475 e. The zero-order valence-corrected chi connectivity index (χ0v) is 11.3. The molecule has 0 aliphatic carbocycles. The fourth-order valence-electron chi connectivity index (χ4n) is 1.52. The molecule has 0 saturated carbocycles. The van der Waals surface area contributed by atoms with Crippen LogP contribution in [0.2, 0.25) is 0 Å². The normalized spacial score (nSPS) is 10.7. The molecular formula is C14H15F3N2O2. The van der Waals surface area contributed by atoms with E-state index in [-0.39, 0.29) is 0 Å². The Labute approximate surface area is 119 Å². The van der Waals surface area contributed by atoms with E-state index in [1.54, 1.807) is 0 Å². The van der Waals surface area contributed by atoms with Crippen molar-refractivity contribution in [3.05, 3.63) is 53.6 Å². The van der Waals surface area contributed by atoms with Crippen LogP contribution in [0.3, 0.4) is 0 Å². The number of aromatic nitrogens is 2. The van der Waals surface area contributed by atoms with E-state index in [0.717, 1.165) is 18.7 Å². The van der Waals surface area contributed by atoms with Crippen molar-refractivity contribution in [3.63, 3.8) is 0 Å². The number of hydrogen-bond donors (Lipinski definition) is 2. The third-order valence-corrected chi connectivity index (χ3v) is 2.52. The number of aromatic amines is 1. The van der Waals surface area contributed by atoms with Crippen molar-refractivity contribution in [2.24, 2.45) is 0 Å². The number of hydrogen-bond acceptors (Lipinski definition) is 2. The van der Waals surface area contributed by atoms with Crippen LogP contribution in [0, 0.1) is 6.92 Å². The number of imidazole rings is 1. The number of nitrogens with one attached hydrogen (secondary N) is 1. The lowest BCUT2D eigenvalue weighted by Gasteiger charge is -1.98. The summed E-state index contributed by atoms with van der Waals surface area (Å²) in [6, 6.07) is 10.5. The lowest BCUT2D eigenvalue weighted by atomic mass is 10.1. The lowest BCUT2D eigenvalue weighted by molar-refractivity contribution is -0.192. The van der Waals surface area contributed by atoms with Gasteiger partial charge in [0.2, 0.25) is 0 Å². The minimum absolute atomic E-state index is 0.994. The average molecular weight is 300 g/mol. The van der Waals surface area contributed by atoms with E-state index < -0.39 is 12.1 Å². The highest BCUT2D eigenvalue weighted by Crippen LogP contribution is 2.13. The minimum atomic E-state index is -5.08. The number of aryl methyl sites for hydroxylation is 3. The predicted molar refractivity (Wildman–Crippen MR) is 70.9 cm³/mol. The van der Waals surface area contributed by atoms with Gasteiger partial charge in [-0.2, -0.15) is 13.2 Å². The first kappa shape index (κ1) is 16.7. The number of carboxylic acids is 1. The first-order chi connectivity index (χ1) is 9.79. The highest BCUT2D eigenvalue weighted by atomic mass is 19.4. The van der Waals surface area contributed by atoms with Crippen molar-refractivity contribution < 1.29 is 23.1 Å². The maximum Gasteiger partial charge on any atom is 0.490 e. The Morgan fingerprint density at radius 2 is 1.81 bits per heavy atom. The van der Waals surface area contributed by atoms with Gasteiger partial charge in [0.15, 0.2) is 0 Å². The van der Waals surface area contributed by atoms with Crippen LogP contribution < -0.4 is 0 Å². The quantitative estimate of drug-likeness (QED) is 0.915. The van der Waals surface area contributed by atoms with Crippen molar-refractivity contribution in [1.82, 2.24) is 9.97 Å². The van der Waals surface area contributed by atoms with E-state index in [1.165, 1.54) is 11.3 Å². The summed E-state index contributed by atoms with van der Waals surface area (Å²) >= 11 is 0. The molecule has 0 bridgehead atoms. The first-order valence-corrected chi connectivity index (χ1v) is 6.13. The van der Waals surface area contributed by atoms with E-state index in [2.05, 4.69) is 34.2 Å². The second-order valence-corrected chi connectivity index (χ2v) is 4.28.